The maximum absolute atomic E-state index is 12.0. The first-order chi connectivity index (χ1) is 7.79. The van der Waals surface area contributed by atoms with E-state index in [4.69, 9.17) is 0 Å². The normalized spacial score (nSPS) is 15.9. The van der Waals surface area contributed by atoms with E-state index in [1.807, 2.05) is 0 Å². The van der Waals surface area contributed by atoms with Crippen LogP contribution in [-0.4, -0.2) is 47.0 Å². The number of amides is 1. The molecule has 1 amide bonds. The Balaban J connectivity index is 2.07. The molecule has 5 nitrogen and oxygen atoms in total. The van der Waals surface area contributed by atoms with Gasteiger partial charge in [0.25, 0.3) is 5.91 Å². The highest BCUT2D eigenvalue weighted by atomic mass is 16.2. The molecule has 0 spiro atoms. The number of aromatic nitrogens is 2. The van der Waals surface area contributed by atoms with Crippen LogP contribution >= 0.6 is 0 Å². The minimum Gasteiger partial charge on any atom is -0.336 e. The average molecular weight is 218 g/mol. The number of hydrogen-bond acceptors (Lipinski definition) is 4. The Kier molecular flexibility index (Phi) is 3.26. The van der Waals surface area contributed by atoms with E-state index in [0.29, 0.717) is 11.3 Å². The van der Waals surface area contributed by atoms with Gasteiger partial charge in [-0.25, -0.2) is 9.97 Å². The number of carbonyl (C=O) groups is 1. The number of piperazine rings is 1. The Hall–Kier alpha value is -1.75. The molecule has 1 aliphatic rings. The predicted molar refractivity (Wildman–Crippen MR) is 60.5 cm³/mol. The van der Waals surface area contributed by atoms with Gasteiger partial charge in [-0.1, -0.05) is 6.58 Å². The van der Waals surface area contributed by atoms with E-state index in [9.17, 15) is 4.79 Å². The third-order valence-corrected chi connectivity index (χ3v) is 2.55. The average Bonchev–Trinajstić information content (AvgIpc) is 2.39. The number of nitrogens with zero attached hydrogens (tertiary/aromatic N) is 3. The van der Waals surface area contributed by atoms with Gasteiger partial charge < -0.3 is 10.2 Å². The fourth-order valence-corrected chi connectivity index (χ4v) is 1.64. The van der Waals surface area contributed by atoms with Gasteiger partial charge in [0.05, 0.1) is 11.3 Å². The van der Waals surface area contributed by atoms with Crippen LogP contribution in [0, 0.1) is 0 Å². The minimum atomic E-state index is -0.0415. The fraction of sp³-hybridized carbons (Fsp3) is 0.364. The summed E-state index contributed by atoms with van der Waals surface area (Å²) in [5.74, 6) is -0.0415. The molecule has 1 saturated heterocycles. The van der Waals surface area contributed by atoms with Gasteiger partial charge in [-0.2, -0.15) is 0 Å². The molecule has 16 heavy (non-hydrogen) atoms. The van der Waals surface area contributed by atoms with Gasteiger partial charge in [0.2, 0.25) is 0 Å². The van der Waals surface area contributed by atoms with E-state index in [1.165, 1.54) is 6.33 Å². The molecule has 1 aliphatic heterocycles. The second-order valence-electron chi connectivity index (χ2n) is 3.62. The minimum absolute atomic E-state index is 0.0415. The van der Waals surface area contributed by atoms with E-state index in [2.05, 4.69) is 21.9 Å². The molecule has 1 fully saturated rings. The summed E-state index contributed by atoms with van der Waals surface area (Å²) in [6, 6.07) is 1.70. The van der Waals surface area contributed by atoms with E-state index in [0.717, 1.165) is 26.2 Å². The molecule has 0 aromatic carbocycles. The highest BCUT2D eigenvalue weighted by molar-refractivity contribution is 6.18. The summed E-state index contributed by atoms with van der Waals surface area (Å²) in [5.41, 5.74) is 1.03. The van der Waals surface area contributed by atoms with Gasteiger partial charge in [-0.3, -0.25) is 4.79 Å². The lowest BCUT2D eigenvalue weighted by atomic mass is 10.1. The first-order valence-corrected chi connectivity index (χ1v) is 5.24. The Morgan fingerprint density at radius 1 is 1.44 bits per heavy atom. The summed E-state index contributed by atoms with van der Waals surface area (Å²) in [5, 5.41) is 3.20. The zero-order valence-corrected chi connectivity index (χ0v) is 9.02. The molecule has 5 heteroatoms. The van der Waals surface area contributed by atoms with Gasteiger partial charge in [0, 0.05) is 32.4 Å². The van der Waals surface area contributed by atoms with Crippen LogP contribution in [0.2, 0.25) is 0 Å². The van der Waals surface area contributed by atoms with Crippen LogP contribution in [-0.2, 0) is 4.79 Å². The van der Waals surface area contributed by atoms with Crippen molar-refractivity contribution in [1.29, 1.82) is 0 Å². The van der Waals surface area contributed by atoms with Crippen molar-refractivity contribution in [3.8, 4) is 0 Å². The Morgan fingerprint density at radius 3 is 2.81 bits per heavy atom. The smallest absolute Gasteiger partial charge is 0.255 e. The summed E-state index contributed by atoms with van der Waals surface area (Å²) >= 11 is 0. The van der Waals surface area contributed by atoms with E-state index in [-0.39, 0.29) is 5.91 Å². The maximum atomic E-state index is 12.0. The third-order valence-electron chi connectivity index (χ3n) is 2.55. The first kappa shape index (κ1) is 10.8. The van der Waals surface area contributed by atoms with Crippen LogP contribution in [0.4, 0.5) is 0 Å². The highest BCUT2D eigenvalue weighted by Gasteiger charge is 2.20. The Bertz CT molecular complexity index is 384. The SMILES string of the molecule is C=C(C(=O)N1CCNCC1)c1ccncn1. The van der Waals surface area contributed by atoms with Crippen LogP contribution in [0.3, 0.4) is 0 Å². The van der Waals surface area contributed by atoms with Crippen molar-refractivity contribution in [3.63, 3.8) is 0 Å². The van der Waals surface area contributed by atoms with Crippen molar-refractivity contribution >= 4 is 11.5 Å². The maximum Gasteiger partial charge on any atom is 0.255 e. The molecule has 2 heterocycles. The van der Waals surface area contributed by atoms with Crippen molar-refractivity contribution in [1.82, 2.24) is 20.2 Å². The molecule has 0 atom stereocenters. The summed E-state index contributed by atoms with van der Waals surface area (Å²) in [4.78, 5) is 21.7. The molecular formula is C11H14N4O. The molecule has 0 bridgehead atoms. The van der Waals surface area contributed by atoms with Crippen molar-refractivity contribution < 1.29 is 4.79 Å². The van der Waals surface area contributed by atoms with Crippen LogP contribution in [0.5, 0.6) is 0 Å². The van der Waals surface area contributed by atoms with E-state index in [1.54, 1.807) is 17.2 Å². The number of carbonyl (C=O) groups excluding carboxylic acids is 1. The first-order valence-electron chi connectivity index (χ1n) is 5.24. The topological polar surface area (TPSA) is 58.1 Å². The summed E-state index contributed by atoms with van der Waals surface area (Å²) < 4.78 is 0. The van der Waals surface area contributed by atoms with E-state index >= 15 is 0 Å². The molecule has 2 rings (SSSR count). The third kappa shape index (κ3) is 2.25. The van der Waals surface area contributed by atoms with Gasteiger partial charge in [-0.15, -0.1) is 0 Å². The number of nitrogens with one attached hydrogen (secondary N) is 1. The standard InChI is InChI=1S/C11H14N4O/c1-9(10-2-3-13-8-14-10)11(16)15-6-4-12-5-7-15/h2-3,8,12H,1,4-7H2. The molecule has 0 saturated carbocycles. The number of hydrogen-bond donors (Lipinski definition) is 1. The second kappa shape index (κ2) is 4.85. The lowest BCUT2D eigenvalue weighted by Crippen LogP contribution is -2.46. The van der Waals surface area contributed by atoms with Crippen molar-refractivity contribution in [2.24, 2.45) is 0 Å². The van der Waals surface area contributed by atoms with Crippen LogP contribution < -0.4 is 5.32 Å². The van der Waals surface area contributed by atoms with Crippen molar-refractivity contribution in [3.05, 3.63) is 30.9 Å². The van der Waals surface area contributed by atoms with Gasteiger partial charge in [-0.05, 0) is 6.07 Å². The molecule has 0 unspecified atom stereocenters. The molecule has 1 N–H and O–H groups in total. The molecule has 1 aromatic rings. The van der Waals surface area contributed by atoms with Gasteiger partial charge >= 0.3 is 0 Å². The Morgan fingerprint density at radius 2 is 2.19 bits per heavy atom. The lowest BCUT2D eigenvalue weighted by molar-refractivity contribution is -0.125. The quantitative estimate of drug-likeness (QED) is 0.705. The molecule has 1 aromatic heterocycles. The zero-order chi connectivity index (χ0) is 11.4. The molecular weight excluding hydrogens is 204 g/mol. The predicted octanol–water partition coefficient (Wildman–Crippen LogP) is -0.0784. The van der Waals surface area contributed by atoms with Crippen LogP contribution in [0.15, 0.2) is 25.2 Å². The second-order valence-corrected chi connectivity index (χ2v) is 3.62. The number of rotatable bonds is 2. The fourth-order valence-electron chi connectivity index (χ4n) is 1.64. The van der Waals surface area contributed by atoms with Crippen LogP contribution in [0.1, 0.15) is 5.69 Å². The summed E-state index contributed by atoms with van der Waals surface area (Å²) in [7, 11) is 0. The summed E-state index contributed by atoms with van der Waals surface area (Å²) in [6.07, 6.45) is 3.03. The molecule has 0 radical (unpaired) electrons. The molecule has 0 aliphatic carbocycles. The van der Waals surface area contributed by atoms with E-state index < -0.39 is 0 Å². The van der Waals surface area contributed by atoms with Crippen molar-refractivity contribution in [2.45, 2.75) is 0 Å². The lowest BCUT2D eigenvalue weighted by Gasteiger charge is -2.27. The Labute approximate surface area is 94.2 Å². The van der Waals surface area contributed by atoms with Crippen molar-refractivity contribution in [2.75, 3.05) is 26.2 Å². The zero-order valence-electron chi connectivity index (χ0n) is 9.02. The molecule has 84 valence electrons. The largest absolute Gasteiger partial charge is 0.336 e. The monoisotopic (exact) mass is 218 g/mol. The highest BCUT2D eigenvalue weighted by Crippen LogP contribution is 2.12. The van der Waals surface area contributed by atoms with Gasteiger partial charge in [0.1, 0.15) is 6.33 Å². The summed E-state index contributed by atoms with van der Waals surface area (Å²) in [6.45, 7) is 6.92. The van der Waals surface area contributed by atoms with Crippen LogP contribution in [0.25, 0.3) is 5.57 Å². The van der Waals surface area contributed by atoms with Gasteiger partial charge in [0.15, 0.2) is 0 Å².